The summed E-state index contributed by atoms with van der Waals surface area (Å²) in [6.45, 7) is 12.6. The normalized spacial score (nSPS) is 16.1. The molecule has 1 saturated heterocycles. The average molecular weight is 399 g/mol. The molecule has 0 bridgehead atoms. The molecule has 30 heavy (non-hydrogen) atoms. The third-order valence-electron chi connectivity index (χ3n) is 6.07. The highest BCUT2D eigenvalue weighted by atomic mass is 16.3. The molecule has 0 aliphatic carbocycles. The second-order valence-corrected chi connectivity index (χ2v) is 7.83. The van der Waals surface area contributed by atoms with Crippen LogP contribution in [-0.2, 0) is 13.1 Å². The topological polar surface area (TPSA) is 55.7 Å². The Bertz CT molecular complexity index is 1130. The summed E-state index contributed by atoms with van der Waals surface area (Å²) in [7, 11) is 0. The fourth-order valence-corrected chi connectivity index (χ4v) is 4.38. The first kappa shape index (κ1) is 18.5. The highest BCUT2D eigenvalue weighted by Crippen LogP contribution is 2.35. The minimum atomic E-state index is -0.151. The number of aromatic nitrogens is 2. The molecule has 5 rings (SSSR count). The summed E-state index contributed by atoms with van der Waals surface area (Å²) in [5.74, 6) is 0.852. The molecule has 3 aromatic rings. The zero-order valence-corrected chi connectivity index (χ0v) is 17.0. The first-order valence-electron chi connectivity index (χ1n) is 10.3. The van der Waals surface area contributed by atoms with Gasteiger partial charge in [-0.1, -0.05) is 43.5 Å². The summed E-state index contributed by atoms with van der Waals surface area (Å²) < 4.78 is 0. The van der Waals surface area contributed by atoms with Gasteiger partial charge < -0.3 is 19.8 Å². The Hall–Kier alpha value is -3.54. The van der Waals surface area contributed by atoms with Gasteiger partial charge in [-0.05, 0) is 29.0 Å². The molecule has 2 aromatic carbocycles. The van der Waals surface area contributed by atoms with E-state index in [1.54, 1.807) is 6.08 Å². The van der Waals surface area contributed by atoms with Crippen molar-refractivity contribution in [1.29, 1.82) is 0 Å². The molecule has 1 N–H and O–H groups in total. The lowest BCUT2D eigenvalue weighted by molar-refractivity contribution is 0.329. The smallest absolute Gasteiger partial charge is 0.316 e. The van der Waals surface area contributed by atoms with Crippen LogP contribution in [0.15, 0.2) is 67.4 Å². The van der Waals surface area contributed by atoms with E-state index in [-0.39, 0.29) is 6.01 Å². The highest BCUT2D eigenvalue weighted by Gasteiger charge is 2.29. The zero-order valence-electron chi connectivity index (χ0n) is 17.0. The van der Waals surface area contributed by atoms with Gasteiger partial charge in [-0.3, -0.25) is 0 Å². The van der Waals surface area contributed by atoms with Crippen molar-refractivity contribution in [3.63, 3.8) is 0 Å². The minimum Gasteiger partial charge on any atom is -0.479 e. The van der Waals surface area contributed by atoms with Crippen molar-refractivity contribution in [3.8, 4) is 6.01 Å². The lowest BCUT2D eigenvalue weighted by atomic mass is 10.1. The molecular weight excluding hydrogens is 374 g/mol. The van der Waals surface area contributed by atoms with Crippen molar-refractivity contribution < 1.29 is 5.11 Å². The Kier molecular flexibility index (Phi) is 4.54. The van der Waals surface area contributed by atoms with E-state index in [0.717, 1.165) is 61.2 Å². The molecule has 3 heterocycles. The third-order valence-corrected chi connectivity index (χ3v) is 6.07. The van der Waals surface area contributed by atoms with Gasteiger partial charge in [0.2, 0.25) is 0 Å². The van der Waals surface area contributed by atoms with E-state index in [1.165, 1.54) is 10.8 Å². The molecule has 0 amide bonds. The number of piperazine rings is 1. The largest absolute Gasteiger partial charge is 0.479 e. The number of hydrogen-bond acceptors (Lipinski definition) is 6. The summed E-state index contributed by atoms with van der Waals surface area (Å²) in [5, 5.41) is 12.6. The molecule has 1 aromatic heterocycles. The minimum absolute atomic E-state index is 0.151. The molecule has 2 aliphatic heterocycles. The van der Waals surface area contributed by atoms with E-state index in [0.29, 0.717) is 6.54 Å². The lowest BCUT2D eigenvalue weighted by Crippen LogP contribution is -2.46. The molecule has 0 atom stereocenters. The van der Waals surface area contributed by atoms with Crippen LogP contribution in [0.3, 0.4) is 0 Å². The Morgan fingerprint density at radius 2 is 1.70 bits per heavy atom. The number of benzene rings is 2. The van der Waals surface area contributed by atoms with E-state index in [9.17, 15) is 5.11 Å². The summed E-state index contributed by atoms with van der Waals surface area (Å²) >= 11 is 0. The Morgan fingerprint density at radius 3 is 2.47 bits per heavy atom. The molecule has 152 valence electrons. The van der Waals surface area contributed by atoms with Crippen molar-refractivity contribution >= 4 is 22.3 Å². The third kappa shape index (κ3) is 3.24. The summed E-state index contributed by atoms with van der Waals surface area (Å²) in [6.07, 6.45) is 1.80. The van der Waals surface area contributed by atoms with E-state index >= 15 is 0 Å². The van der Waals surface area contributed by atoms with Gasteiger partial charge in [0, 0.05) is 49.7 Å². The summed E-state index contributed by atoms with van der Waals surface area (Å²) in [4.78, 5) is 15.5. The number of anilines is 2. The second-order valence-electron chi connectivity index (χ2n) is 7.83. The number of allylic oxidation sites excluding steroid dienone is 1. The van der Waals surface area contributed by atoms with Crippen molar-refractivity contribution in [2.75, 3.05) is 36.0 Å². The Labute approximate surface area is 176 Å². The van der Waals surface area contributed by atoms with Crippen LogP contribution < -0.4 is 9.80 Å². The van der Waals surface area contributed by atoms with Crippen LogP contribution >= 0.6 is 0 Å². The predicted molar refractivity (Wildman–Crippen MR) is 121 cm³/mol. The van der Waals surface area contributed by atoms with E-state index in [4.69, 9.17) is 0 Å². The van der Waals surface area contributed by atoms with Gasteiger partial charge in [-0.15, -0.1) is 0 Å². The Morgan fingerprint density at radius 1 is 0.933 bits per heavy atom. The van der Waals surface area contributed by atoms with Crippen molar-refractivity contribution in [2.45, 2.75) is 13.1 Å². The number of aromatic hydroxyl groups is 1. The number of hydrogen-bond donors (Lipinski definition) is 1. The maximum Gasteiger partial charge on any atom is 0.316 e. The van der Waals surface area contributed by atoms with Crippen LogP contribution in [0.1, 0.15) is 11.3 Å². The highest BCUT2D eigenvalue weighted by molar-refractivity contribution is 5.86. The lowest BCUT2D eigenvalue weighted by Gasteiger charge is -2.37. The van der Waals surface area contributed by atoms with Gasteiger partial charge >= 0.3 is 6.01 Å². The first-order valence-corrected chi connectivity index (χ1v) is 10.3. The average Bonchev–Trinajstić information content (AvgIpc) is 3.21. The van der Waals surface area contributed by atoms with Gasteiger partial charge in [-0.25, -0.2) is 0 Å². The van der Waals surface area contributed by atoms with Gasteiger partial charge in [0.1, 0.15) is 5.82 Å². The molecule has 0 saturated carbocycles. The van der Waals surface area contributed by atoms with E-state index in [1.807, 2.05) is 0 Å². The predicted octanol–water partition coefficient (Wildman–Crippen LogP) is 3.68. The molecule has 2 aliphatic rings. The van der Waals surface area contributed by atoms with Gasteiger partial charge in [0.05, 0.1) is 12.2 Å². The SMILES string of the molecule is C=CC(=C)N1CCN(c2nc(O)nc3c2CN(c2ccc4ccccc4c2)C3)CC1. The van der Waals surface area contributed by atoms with Crippen LogP contribution in [0, 0.1) is 0 Å². The monoisotopic (exact) mass is 399 g/mol. The maximum absolute atomic E-state index is 10.2. The number of rotatable bonds is 4. The molecule has 1 fully saturated rings. The van der Waals surface area contributed by atoms with Gasteiger partial charge in [0.15, 0.2) is 0 Å². The molecule has 6 heteroatoms. The molecule has 0 unspecified atom stereocenters. The molecule has 0 radical (unpaired) electrons. The molecule has 6 nitrogen and oxygen atoms in total. The number of nitrogens with zero attached hydrogens (tertiary/aromatic N) is 5. The summed E-state index contributed by atoms with van der Waals surface area (Å²) in [5.41, 5.74) is 4.12. The van der Waals surface area contributed by atoms with Crippen LogP contribution in [0.5, 0.6) is 6.01 Å². The quantitative estimate of drug-likeness (QED) is 0.676. The fourth-order valence-electron chi connectivity index (χ4n) is 4.38. The summed E-state index contributed by atoms with van der Waals surface area (Å²) in [6, 6.07) is 14.8. The van der Waals surface area contributed by atoms with Crippen LogP contribution in [0.4, 0.5) is 11.5 Å². The van der Waals surface area contributed by atoms with Crippen LogP contribution in [0.25, 0.3) is 10.8 Å². The van der Waals surface area contributed by atoms with Crippen molar-refractivity contribution in [2.24, 2.45) is 0 Å². The van der Waals surface area contributed by atoms with E-state index < -0.39 is 0 Å². The van der Waals surface area contributed by atoms with Gasteiger partial charge in [-0.2, -0.15) is 9.97 Å². The Balaban J connectivity index is 1.41. The zero-order chi connectivity index (χ0) is 20.7. The van der Waals surface area contributed by atoms with Crippen LogP contribution in [-0.4, -0.2) is 46.2 Å². The fraction of sp³-hybridized carbons (Fsp3) is 0.250. The van der Waals surface area contributed by atoms with Crippen molar-refractivity contribution in [1.82, 2.24) is 14.9 Å². The number of fused-ring (bicyclic) bond motifs is 2. The maximum atomic E-state index is 10.2. The van der Waals surface area contributed by atoms with Gasteiger partial charge in [0.25, 0.3) is 0 Å². The van der Waals surface area contributed by atoms with Crippen molar-refractivity contribution in [3.05, 3.63) is 78.7 Å². The standard InChI is InChI=1S/C24H25N5O/c1-3-17(2)27-10-12-28(13-11-27)23-21-15-29(16-22(21)25-24(30)26-23)20-9-8-18-6-4-5-7-19(18)14-20/h3-9,14H,1-2,10-13,15-16H2,(H,25,26,30). The molecular formula is C24H25N5O. The van der Waals surface area contributed by atoms with Crippen LogP contribution in [0.2, 0.25) is 0 Å². The second kappa shape index (κ2) is 7.37. The van der Waals surface area contributed by atoms with E-state index in [2.05, 4.69) is 80.3 Å². The first-order chi connectivity index (χ1) is 14.6. The molecule has 0 spiro atoms.